The molecule has 114 valence electrons. The highest BCUT2D eigenvalue weighted by Gasteiger charge is 2.37. The van der Waals surface area contributed by atoms with Crippen LogP contribution in [0.1, 0.15) is 6.42 Å². The van der Waals surface area contributed by atoms with Crippen molar-refractivity contribution in [1.29, 1.82) is 0 Å². The number of benzene rings is 1. The molecule has 2 rings (SSSR count). The summed E-state index contributed by atoms with van der Waals surface area (Å²) in [5.41, 5.74) is -0.451. The van der Waals surface area contributed by atoms with Gasteiger partial charge in [-0.3, -0.25) is 14.9 Å². The summed E-state index contributed by atoms with van der Waals surface area (Å²) in [5, 5.41) is 10.9. The van der Waals surface area contributed by atoms with Gasteiger partial charge in [-0.2, -0.15) is 8.42 Å². The summed E-state index contributed by atoms with van der Waals surface area (Å²) in [4.78, 5) is 23.3. The number of amides is 1. The Bertz CT molecular complexity index is 709. The highest BCUT2D eigenvalue weighted by atomic mass is 35.5. The Morgan fingerprint density at radius 1 is 1.48 bits per heavy atom. The minimum Gasteiger partial charge on any atom is -0.306 e. The van der Waals surface area contributed by atoms with Gasteiger partial charge in [0.2, 0.25) is 5.91 Å². The second kappa shape index (κ2) is 5.57. The number of hydrogen-bond acceptors (Lipinski definition) is 5. The second-order valence-electron chi connectivity index (χ2n) is 4.64. The van der Waals surface area contributed by atoms with Gasteiger partial charge in [0, 0.05) is 18.9 Å². The minimum absolute atomic E-state index is 0.0174. The van der Waals surface area contributed by atoms with Gasteiger partial charge in [0.15, 0.2) is 0 Å². The number of nitrogens with zero attached hydrogens (tertiary/aromatic N) is 2. The number of halogens is 2. The molecule has 1 aliphatic heterocycles. The van der Waals surface area contributed by atoms with E-state index in [4.69, 9.17) is 11.6 Å². The number of carbonyl (C=O) groups is 1. The van der Waals surface area contributed by atoms with Crippen LogP contribution in [-0.4, -0.2) is 31.5 Å². The number of nitro groups is 1. The maximum absolute atomic E-state index is 12.7. The van der Waals surface area contributed by atoms with Crippen molar-refractivity contribution in [3.8, 4) is 0 Å². The maximum atomic E-state index is 12.7. The average Bonchev–Trinajstić information content (AvgIpc) is 2.66. The van der Waals surface area contributed by atoms with Crippen LogP contribution < -0.4 is 4.90 Å². The summed E-state index contributed by atoms with van der Waals surface area (Å²) in [5.74, 6) is -2.04. The van der Waals surface area contributed by atoms with Crippen LogP contribution in [0.2, 0.25) is 5.02 Å². The van der Waals surface area contributed by atoms with Crippen LogP contribution in [0.5, 0.6) is 0 Å². The highest BCUT2D eigenvalue weighted by Crippen LogP contribution is 2.37. The molecule has 1 atom stereocenters. The molecule has 0 bridgehead atoms. The van der Waals surface area contributed by atoms with Crippen molar-refractivity contribution in [3.05, 3.63) is 33.3 Å². The van der Waals surface area contributed by atoms with E-state index in [1.165, 1.54) is 18.2 Å². The lowest BCUT2D eigenvalue weighted by atomic mass is 10.1. The number of anilines is 1. The number of carbonyl (C=O) groups excluding carboxylic acids is 1. The molecule has 7 nitrogen and oxygen atoms in total. The van der Waals surface area contributed by atoms with Crippen LogP contribution >= 0.6 is 11.6 Å². The lowest BCUT2D eigenvalue weighted by Crippen LogP contribution is -2.26. The summed E-state index contributed by atoms with van der Waals surface area (Å²) in [6, 6.07) is 4.10. The molecule has 1 amide bonds. The van der Waals surface area contributed by atoms with E-state index in [-0.39, 0.29) is 23.7 Å². The number of para-hydroxylation sites is 1. The first-order valence-corrected chi connectivity index (χ1v) is 7.77. The Morgan fingerprint density at radius 3 is 2.71 bits per heavy atom. The van der Waals surface area contributed by atoms with E-state index >= 15 is 0 Å². The molecule has 1 heterocycles. The average molecular weight is 337 g/mol. The fourth-order valence-electron chi connectivity index (χ4n) is 2.31. The first kappa shape index (κ1) is 15.6. The molecule has 0 aliphatic carbocycles. The van der Waals surface area contributed by atoms with Gasteiger partial charge in [0.1, 0.15) is 10.7 Å². The zero-order valence-electron chi connectivity index (χ0n) is 10.5. The SMILES string of the molecule is O=C1CC(CS(=O)(=O)F)CN1c1cccc(Cl)c1[N+](=O)[O-]. The third-order valence-corrected chi connectivity index (χ3v) is 4.25. The zero-order chi connectivity index (χ0) is 15.8. The maximum Gasteiger partial charge on any atom is 0.311 e. The van der Waals surface area contributed by atoms with Crippen LogP contribution in [0.15, 0.2) is 18.2 Å². The van der Waals surface area contributed by atoms with E-state index in [9.17, 15) is 27.2 Å². The smallest absolute Gasteiger partial charge is 0.306 e. The van der Waals surface area contributed by atoms with E-state index in [0.29, 0.717) is 0 Å². The Hall–Kier alpha value is -1.74. The topological polar surface area (TPSA) is 97.6 Å². The van der Waals surface area contributed by atoms with Crippen molar-refractivity contribution in [2.75, 3.05) is 17.2 Å². The second-order valence-corrected chi connectivity index (χ2v) is 6.46. The molecular formula is C11H10ClFN2O5S. The lowest BCUT2D eigenvalue weighted by molar-refractivity contribution is -0.383. The van der Waals surface area contributed by atoms with Crippen molar-refractivity contribution in [2.45, 2.75) is 6.42 Å². The van der Waals surface area contributed by atoms with Crippen molar-refractivity contribution in [3.63, 3.8) is 0 Å². The number of rotatable bonds is 4. The molecule has 0 spiro atoms. The van der Waals surface area contributed by atoms with Gasteiger partial charge in [-0.1, -0.05) is 17.7 Å². The predicted octanol–water partition coefficient (Wildman–Crippen LogP) is 1.90. The van der Waals surface area contributed by atoms with Crippen LogP contribution in [0.3, 0.4) is 0 Å². The minimum atomic E-state index is -4.71. The van der Waals surface area contributed by atoms with Gasteiger partial charge in [-0.25, -0.2) is 0 Å². The van der Waals surface area contributed by atoms with Gasteiger partial charge < -0.3 is 4.90 Å². The van der Waals surface area contributed by atoms with Gasteiger partial charge in [0.25, 0.3) is 0 Å². The fourth-order valence-corrected chi connectivity index (χ4v) is 3.33. The fraction of sp³-hybridized carbons (Fsp3) is 0.364. The molecule has 1 saturated heterocycles. The molecule has 1 aromatic carbocycles. The van der Waals surface area contributed by atoms with Crippen molar-refractivity contribution >= 4 is 39.1 Å². The van der Waals surface area contributed by atoms with Crippen LogP contribution in [0, 0.1) is 16.0 Å². The quantitative estimate of drug-likeness (QED) is 0.475. The summed E-state index contributed by atoms with van der Waals surface area (Å²) in [6.07, 6.45) is -0.188. The summed E-state index contributed by atoms with van der Waals surface area (Å²) in [6.45, 7) is -0.108. The molecule has 1 aromatic rings. The summed E-state index contributed by atoms with van der Waals surface area (Å²) >= 11 is 5.76. The van der Waals surface area contributed by atoms with Gasteiger partial charge in [-0.05, 0) is 12.1 Å². The summed E-state index contributed by atoms with van der Waals surface area (Å²) in [7, 11) is -4.71. The Labute approximate surface area is 124 Å². The van der Waals surface area contributed by atoms with E-state index < -0.39 is 38.4 Å². The Kier molecular flexibility index (Phi) is 4.15. The third-order valence-electron chi connectivity index (χ3n) is 3.08. The standard InChI is InChI=1S/C11H10ClFN2O5S/c12-8-2-1-3-9(11(8)15(17)18)14-5-7(4-10(14)16)6-21(13,19)20/h1-3,7H,4-6H2. The Morgan fingerprint density at radius 2 is 2.14 bits per heavy atom. The molecule has 10 heteroatoms. The number of nitro benzene ring substituents is 1. The molecule has 0 N–H and O–H groups in total. The van der Waals surface area contributed by atoms with Gasteiger partial charge in [0.05, 0.1) is 10.7 Å². The van der Waals surface area contributed by atoms with Gasteiger partial charge in [-0.15, -0.1) is 3.89 Å². The predicted molar refractivity (Wildman–Crippen MR) is 73.5 cm³/mol. The van der Waals surface area contributed by atoms with E-state index in [2.05, 4.69) is 0 Å². The van der Waals surface area contributed by atoms with Crippen molar-refractivity contribution in [2.24, 2.45) is 5.92 Å². The molecule has 1 fully saturated rings. The third kappa shape index (κ3) is 3.48. The van der Waals surface area contributed by atoms with Crippen LogP contribution in [-0.2, 0) is 15.0 Å². The van der Waals surface area contributed by atoms with Crippen molar-refractivity contribution in [1.82, 2.24) is 0 Å². The molecule has 1 unspecified atom stereocenters. The first-order chi connectivity index (χ1) is 9.69. The molecule has 0 aromatic heterocycles. The van der Waals surface area contributed by atoms with E-state index in [1.807, 2.05) is 0 Å². The number of hydrogen-bond donors (Lipinski definition) is 0. The monoisotopic (exact) mass is 336 g/mol. The molecular weight excluding hydrogens is 327 g/mol. The van der Waals surface area contributed by atoms with Crippen molar-refractivity contribution < 1.29 is 22.0 Å². The molecule has 0 radical (unpaired) electrons. The zero-order valence-corrected chi connectivity index (χ0v) is 12.1. The van der Waals surface area contributed by atoms with E-state index in [1.54, 1.807) is 0 Å². The Balaban J connectivity index is 2.34. The first-order valence-electron chi connectivity index (χ1n) is 5.84. The van der Waals surface area contributed by atoms with Crippen LogP contribution in [0.25, 0.3) is 0 Å². The van der Waals surface area contributed by atoms with Crippen LogP contribution in [0.4, 0.5) is 15.3 Å². The normalized spacial score (nSPS) is 19.0. The largest absolute Gasteiger partial charge is 0.311 e. The summed E-state index contributed by atoms with van der Waals surface area (Å²) < 4.78 is 34.0. The van der Waals surface area contributed by atoms with E-state index in [0.717, 1.165) is 4.90 Å². The molecule has 0 saturated carbocycles. The lowest BCUT2D eigenvalue weighted by Gasteiger charge is -2.16. The van der Waals surface area contributed by atoms with Gasteiger partial charge >= 0.3 is 15.9 Å². The molecule has 21 heavy (non-hydrogen) atoms. The molecule has 1 aliphatic rings. The highest BCUT2D eigenvalue weighted by molar-refractivity contribution is 7.86.